The van der Waals surface area contributed by atoms with E-state index >= 15 is 0 Å². The number of carbonyl (C=O) groups excluding carboxylic acids is 1. The molecule has 1 N–H and O–H groups in total. The Kier molecular flexibility index (Phi) is 8.18. The van der Waals surface area contributed by atoms with E-state index in [0.717, 1.165) is 35.6 Å². The minimum Gasteiger partial charge on any atom is -0.492 e. The third-order valence-corrected chi connectivity index (χ3v) is 6.88. The topological polar surface area (TPSA) is 94.4 Å². The predicted molar refractivity (Wildman–Crippen MR) is 153 cm³/mol. The first kappa shape index (κ1) is 26.0. The molecule has 8 nitrogen and oxygen atoms in total. The van der Waals surface area contributed by atoms with Gasteiger partial charge in [-0.15, -0.1) is 0 Å². The molecule has 1 atom stereocenters. The Labute approximate surface area is 228 Å². The first-order valence-electron chi connectivity index (χ1n) is 13.4. The highest BCUT2D eigenvalue weighted by atomic mass is 16.5. The van der Waals surface area contributed by atoms with E-state index in [-0.39, 0.29) is 5.91 Å². The van der Waals surface area contributed by atoms with Gasteiger partial charge in [0.15, 0.2) is 11.7 Å². The van der Waals surface area contributed by atoms with Gasteiger partial charge >= 0.3 is 0 Å². The Morgan fingerprint density at radius 2 is 1.56 bits per heavy atom. The number of aromatic nitrogens is 2. The maximum Gasteiger partial charge on any atom is 0.243 e. The number of nitrogens with zero attached hydrogens (tertiary/aromatic N) is 5. The molecule has 1 saturated heterocycles. The molecule has 0 bridgehead atoms. The van der Waals surface area contributed by atoms with Gasteiger partial charge in [0.2, 0.25) is 5.91 Å². The van der Waals surface area contributed by atoms with Crippen molar-refractivity contribution in [3.8, 4) is 11.8 Å². The van der Waals surface area contributed by atoms with E-state index in [1.807, 2.05) is 79.7 Å². The number of anilines is 2. The number of para-hydroxylation sites is 4. The Morgan fingerprint density at radius 1 is 0.923 bits per heavy atom. The zero-order valence-electron chi connectivity index (χ0n) is 22.1. The summed E-state index contributed by atoms with van der Waals surface area (Å²) in [7, 11) is 0. The normalized spacial score (nSPS) is 14.1. The lowest BCUT2D eigenvalue weighted by Crippen LogP contribution is -2.47. The summed E-state index contributed by atoms with van der Waals surface area (Å²) in [4.78, 5) is 27.4. The van der Waals surface area contributed by atoms with Gasteiger partial charge in [-0.2, -0.15) is 5.26 Å². The van der Waals surface area contributed by atoms with E-state index in [1.54, 1.807) is 0 Å². The highest BCUT2D eigenvalue weighted by Crippen LogP contribution is 2.32. The number of hydrogen-bond acceptors (Lipinski definition) is 7. The molecular weight excluding hydrogens is 488 g/mol. The Hall–Kier alpha value is -4.64. The monoisotopic (exact) mass is 520 g/mol. The fourth-order valence-electron chi connectivity index (χ4n) is 4.91. The van der Waals surface area contributed by atoms with Crippen LogP contribution in [0, 0.1) is 11.3 Å². The predicted octanol–water partition coefficient (Wildman–Crippen LogP) is 4.32. The Bertz CT molecular complexity index is 1460. The van der Waals surface area contributed by atoms with Crippen molar-refractivity contribution < 1.29 is 9.53 Å². The third kappa shape index (κ3) is 5.93. The maximum absolute atomic E-state index is 13.2. The van der Waals surface area contributed by atoms with Crippen molar-refractivity contribution >= 4 is 28.4 Å². The Balaban J connectivity index is 1.37. The van der Waals surface area contributed by atoms with E-state index in [0.29, 0.717) is 49.7 Å². The lowest BCUT2D eigenvalue weighted by atomic mass is 10.0. The number of benzene rings is 3. The van der Waals surface area contributed by atoms with Crippen LogP contribution < -0.4 is 19.9 Å². The van der Waals surface area contributed by atoms with Crippen LogP contribution in [0.4, 0.5) is 11.5 Å². The second-order valence-electron chi connectivity index (χ2n) is 9.38. The standard InChI is InChI=1S/C31H32N6O2/c1-2-39-28-15-9-8-14-27(28)36-18-20-37(21-19-36)30-29(34-25-12-6-7-13-26(25)35-30)24(22-32)31(38)33-17-16-23-10-4-3-5-11-23/h3-15,24H,2,16-21H2,1H3,(H,33,38)/t24-/m0/s1. The molecule has 0 radical (unpaired) electrons. The van der Waals surface area contributed by atoms with Gasteiger partial charge in [0.25, 0.3) is 0 Å². The highest BCUT2D eigenvalue weighted by molar-refractivity contribution is 5.89. The summed E-state index contributed by atoms with van der Waals surface area (Å²) in [5.41, 5.74) is 3.99. The summed E-state index contributed by atoms with van der Waals surface area (Å²) >= 11 is 0. The zero-order valence-corrected chi connectivity index (χ0v) is 22.1. The van der Waals surface area contributed by atoms with Crippen LogP contribution >= 0.6 is 0 Å². The number of amides is 1. The van der Waals surface area contributed by atoms with Crippen LogP contribution in [0.5, 0.6) is 5.75 Å². The molecule has 0 aliphatic carbocycles. The minimum absolute atomic E-state index is 0.358. The van der Waals surface area contributed by atoms with Crippen molar-refractivity contribution in [2.75, 3.05) is 49.1 Å². The summed E-state index contributed by atoms with van der Waals surface area (Å²) in [5.74, 6) is 0.0423. The quantitative estimate of drug-likeness (QED) is 0.351. The van der Waals surface area contributed by atoms with Crippen LogP contribution in [-0.2, 0) is 11.2 Å². The molecule has 1 aromatic heterocycles. The van der Waals surface area contributed by atoms with Crippen LogP contribution in [0.1, 0.15) is 24.1 Å². The van der Waals surface area contributed by atoms with Crippen LogP contribution in [0.15, 0.2) is 78.9 Å². The van der Waals surface area contributed by atoms with Crippen molar-refractivity contribution in [2.24, 2.45) is 0 Å². The average Bonchev–Trinajstić information content (AvgIpc) is 2.98. The van der Waals surface area contributed by atoms with E-state index in [1.165, 1.54) is 0 Å². The van der Waals surface area contributed by atoms with Gasteiger partial charge < -0.3 is 19.9 Å². The van der Waals surface area contributed by atoms with Gasteiger partial charge in [-0.3, -0.25) is 4.79 Å². The van der Waals surface area contributed by atoms with Crippen molar-refractivity contribution in [3.05, 3.63) is 90.1 Å². The first-order valence-corrected chi connectivity index (χ1v) is 13.4. The molecule has 1 aliphatic rings. The van der Waals surface area contributed by atoms with Crippen molar-refractivity contribution in [1.29, 1.82) is 5.26 Å². The number of nitrogens with one attached hydrogen (secondary N) is 1. The van der Waals surface area contributed by atoms with Gasteiger partial charge in [-0.1, -0.05) is 54.6 Å². The largest absolute Gasteiger partial charge is 0.492 e. The van der Waals surface area contributed by atoms with E-state index in [4.69, 9.17) is 14.7 Å². The van der Waals surface area contributed by atoms with Gasteiger partial charge in [0.05, 0.1) is 29.4 Å². The van der Waals surface area contributed by atoms with E-state index in [2.05, 4.69) is 27.3 Å². The zero-order chi connectivity index (χ0) is 27.0. The molecule has 198 valence electrons. The van der Waals surface area contributed by atoms with Crippen LogP contribution in [0.2, 0.25) is 0 Å². The molecule has 39 heavy (non-hydrogen) atoms. The number of rotatable bonds is 9. The maximum atomic E-state index is 13.2. The minimum atomic E-state index is -1.07. The SMILES string of the molecule is CCOc1ccccc1N1CCN(c2nc3ccccc3nc2[C@H](C#N)C(=O)NCCc2ccccc2)CC1. The van der Waals surface area contributed by atoms with Crippen LogP contribution in [-0.4, -0.2) is 55.2 Å². The number of hydrogen-bond donors (Lipinski definition) is 1. The van der Waals surface area contributed by atoms with Gasteiger partial charge in [-0.25, -0.2) is 9.97 Å². The lowest BCUT2D eigenvalue weighted by Gasteiger charge is -2.38. The molecule has 0 spiro atoms. The van der Waals surface area contributed by atoms with Crippen LogP contribution in [0.25, 0.3) is 11.0 Å². The van der Waals surface area contributed by atoms with Crippen molar-refractivity contribution in [3.63, 3.8) is 0 Å². The molecule has 3 aromatic carbocycles. The van der Waals surface area contributed by atoms with E-state index < -0.39 is 5.92 Å². The Morgan fingerprint density at radius 3 is 2.28 bits per heavy atom. The number of fused-ring (bicyclic) bond motifs is 1. The molecule has 1 amide bonds. The summed E-state index contributed by atoms with van der Waals surface area (Å²) in [6, 6.07) is 27.8. The van der Waals surface area contributed by atoms with Gasteiger partial charge in [0.1, 0.15) is 11.4 Å². The van der Waals surface area contributed by atoms with E-state index in [9.17, 15) is 10.1 Å². The molecule has 4 aromatic rings. The number of nitriles is 1. The molecule has 1 aliphatic heterocycles. The third-order valence-electron chi connectivity index (χ3n) is 6.88. The fraction of sp³-hybridized carbons (Fsp3) is 0.290. The molecule has 5 rings (SSSR count). The molecule has 1 fully saturated rings. The average molecular weight is 521 g/mol. The summed E-state index contributed by atoms with van der Waals surface area (Å²) < 4.78 is 5.84. The molecule has 0 saturated carbocycles. The second-order valence-corrected chi connectivity index (χ2v) is 9.38. The second kappa shape index (κ2) is 12.3. The summed E-state index contributed by atoms with van der Waals surface area (Å²) in [5, 5.41) is 13.0. The van der Waals surface area contributed by atoms with Crippen molar-refractivity contribution in [2.45, 2.75) is 19.3 Å². The fourth-order valence-corrected chi connectivity index (χ4v) is 4.91. The number of ether oxygens (including phenoxy) is 1. The van der Waals surface area contributed by atoms with Gasteiger partial charge in [-0.05, 0) is 43.2 Å². The lowest BCUT2D eigenvalue weighted by molar-refractivity contribution is -0.121. The molecule has 2 heterocycles. The molecule has 8 heteroatoms. The summed E-state index contributed by atoms with van der Waals surface area (Å²) in [6.07, 6.45) is 0.687. The number of piperazine rings is 1. The van der Waals surface area contributed by atoms with Crippen LogP contribution in [0.3, 0.4) is 0 Å². The van der Waals surface area contributed by atoms with Gasteiger partial charge in [0, 0.05) is 32.7 Å². The number of carbonyl (C=O) groups is 1. The van der Waals surface area contributed by atoms with Crippen molar-refractivity contribution in [1.82, 2.24) is 15.3 Å². The first-order chi connectivity index (χ1) is 19.2. The highest BCUT2D eigenvalue weighted by Gasteiger charge is 2.30. The molecular formula is C31H32N6O2. The smallest absolute Gasteiger partial charge is 0.243 e. The molecule has 0 unspecified atom stereocenters. The summed E-state index contributed by atoms with van der Waals surface area (Å²) in [6.45, 7) is 5.88.